The molecule has 1 amide bonds. The van der Waals surface area contributed by atoms with Gasteiger partial charge in [0.1, 0.15) is 18.1 Å². The number of nitrogens with one attached hydrogen (secondary N) is 1. The van der Waals surface area contributed by atoms with Gasteiger partial charge in [0.25, 0.3) is 5.91 Å². The molecule has 1 aliphatic rings. The second-order valence-electron chi connectivity index (χ2n) is 5.49. The average molecular weight is 344 g/mol. The summed E-state index contributed by atoms with van der Waals surface area (Å²) in [4.78, 5) is 12.3. The molecule has 0 atom stereocenters. The van der Waals surface area contributed by atoms with E-state index in [1.165, 1.54) is 0 Å². The molecule has 3 rings (SSSR count). The molecule has 0 spiro atoms. The molecule has 2 aromatic carbocycles. The Labute approximate surface area is 146 Å². The zero-order chi connectivity index (χ0) is 16.9. The van der Waals surface area contributed by atoms with E-state index in [0.29, 0.717) is 17.1 Å². The summed E-state index contributed by atoms with van der Waals surface area (Å²) in [6.07, 6.45) is 2.60. The monoisotopic (exact) mass is 343 g/mol. The van der Waals surface area contributed by atoms with Crippen LogP contribution >= 0.6 is 11.6 Å². The van der Waals surface area contributed by atoms with Crippen LogP contribution in [-0.2, 0) is 11.2 Å². The van der Waals surface area contributed by atoms with Crippen LogP contribution in [-0.4, -0.2) is 26.2 Å². The van der Waals surface area contributed by atoms with Crippen LogP contribution in [0, 0.1) is 0 Å². The zero-order valence-electron chi connectivity index (χ0n) is 13.3. The molecule has 1 N–H and O–H groups in total. The highest BCUT2D eigenvalue weighted by Gasteiger charge is 2.17. The molecular weight excluding hydrogens is 326 g/mol. The van der Waals surface area contributed by atoms with Gasteiger partial charge in [-0.2, -0.15) is 0 Å². The smallest absolute Gasteiger partial charge is 0.250 e. The summed E-state index contributed by atoms with van der Waals surface area (Å²) in [5, 5.41) is 3.63. The van der Waals surface area contributed by atoms with E-state index in [4.69, 9.17) is 21.1 Å². The molecule has 124 valence electrons. The van der Waals surface area contributed by atoms with E-state index in [0.717, 1.165) is 29.0 Å². The number of methoxy groups -OCH3 is 1. The first-order chi connectivity index (χ1) is 11.7. The van der Waals surface area contributed by atoms with E-state index < -0.39 is 0 Å². The fourth-order valence-corrected chi connectivity index (χ4v) is 2.62. The quantitative estimate of drug-likeness (QED) is 0.904. The molecule has 0 radical (unpaired) electrons. The van der Waals surface area contributed by atoms with Crippen molar-refractivity contribution < 1.29 is 14.3 Å². The number of fused-ring (bicyclic) bond motifs is 1. The lowest BCUT2D eigenvalue weighted by Gasteiger charge is -2.18. The standard InChI is InChI=1S/C19H18ClNO3/c1-23-17-6-7-18-14(11-17)10-15(12-24-18)19(22)21-9-8-13-2-4-16(20)5-3-13/h2-7,10-11H,8-9,12H2,1H3,(H,21,22). The maximum absolute atomic E-state index is 12.3. The first-order valence-corrected chi connectivity index (χ1v) is 8.07. The maximum Gasteiger partial charge on any atom is 0.250 e. The minimum absolute atomic E-state index is 0.113. The summed E-state index contributed by atoms with van der Waals surface area (Å²) < 4.78 is 10.8. The van der Waals surface area contributed by atoms with Gasteiger partial charge >= 0.3 is 0 Å². The van der Waals surface area contributed by atoms with Crippen LogP contribution in [0.4, 0.5) is 0 Å². The van der Waals surface area contributed by atoms with E-state index >= 15 is 0 Å². The minimum Gasteiger partial charge on any atom is -0.497 e. The molecule has 2 aromatic rings. The van der Waals surface area contributed by atoms with Crippen molar-refractivity contribution in [3.05, 3.63) is 64.2 Å². The van der Waals surface area contributed by atoms with Crippen LogP contribution in [0.15, 0.2) is 48.0 Å². The van der Waals surface area contributed by atoms with Crippen LogP contribution in [0.1, 0.15) is 11.1 Å². The van der Waals surface area contributed by atoms with Crippen molar-refractivity contribution in [3.8, 4) is 11.5 Å². The van der Waals surface area contributed by atoms with Gasteiger partial charge in [0.2, 0.25) is 0 Å². The number of carbonyl (C=O) groups excluding carboxylic acids is 1. The van der Waals surface area contributed by atoms with Gasteiger partial charge in [-0.05, 0) is 48.4 Å². The van der Waals surface area contributed by atoms with Gasteiger partial charge in [0.05, 0.1) is 12.7 Å². The van der Waals surface area contributed by atoms with Crippen LogP contribution in [0.2, 0.25) is 5.02 Å². The van der Waals surface area contributed by atoms with E-state index in [-0.39, 0.29) is 12.5 Å². The van der Waals surface area contributed by atoms with Crippen LogP contribution in [0.3, 0.4) is 0 Å². The molecule has 0 aromatic heterocycles. The molecular formula is C19H18ClNO3. The van der Waals surface area contributed by atoms with Crippen molar-refractivity contribution in [1.29, 1.82) is 0 Å². The summed E-state index contributed by atoms with van der Waals surface area (Å²) in [5.74, 6) is 1.38. The summed E-state index contributed by atoms with van der Waals surface area (Å²) in [7, 11) is 1.61. The van der Waals surface area contributed by atoms with Gasteiger partial charge in [-0.1, -0.05) is 23.7 Å². The highest BCUT2D eigenvalue weighted by atomic mass is 35.5. The van der Waals surface area contributed by atoms with Crippen molar-refractivity contribution in [2.75, 3.05) is 20.3 Å². The number of benzene rings is 2. The van der Waals surface area contributed by atoms with Crippen molar-refractivity contribution in [3.63, 3.8) is 0 Å². The Morgan fingerprint density at radius 3 is 2.79 bits per heavy atom. The topological polar surface area (TPSA) is 47.6 Å². The molecule has 1 heterocycles. The van der Waals surface area contributed by atoms with Crippen molar-refractivity contribution in [2.45, 2.75) is 6.42 Å². The lowest BCUT2D eigenvalue weighted by molar-refractivity contribution is -0.117. The number of rotatable bonds is 5. The number of amides is 1. The van der Waals surface area contributed by atoms with E-state index in [1.54, 1.807) is 7.11 Å². The molecule has 0 saturated carbocycles. The van der Waals surface area contributed by atoms with Crippen LogP contribution in [0.25, 0.3) is 6.08 Å². The predicted molar refractivity (Wildman–Crippen MR) is 94.6 cm³/mol. The lowest BCUT2D eigenvalue weighted by atomic mass is 10.1. The normalized spacial score (nSPS) is 12.7. The third-order valence-electron chi connectivity index (χ3n) is 3.83. The highest BCUT2D eigenvalue weighted by Crippen LogP contribution is 2.29. The SMILES string of the molecule is COc1ccc2c(c1)C=C(C(=O)NCCc1ccc(Cl)cc1)CO2. The predicted octanol–water partition coefficient (Wildman–Crippen LogP) is 3.48. The molecule has 24 heavy (non-hydrogen) atoms. The molecule has 0 saturated heterocycles. The zero-order valence-corrected chi connectivity index (χ0v) is 14.1. The van der Waals surface area contributed by atoms with Crippen molar-refractivity contribution >= 4 is 23.6 Å². The summed E-state index contributed by atoms with van der Waals surface area (Å²) in [5.41, 5.74) is 2.58. The summed E-state index contributed by atoms with van der Waals surface area (Å²) in [6.45, 7) is 0.828. The number of hydrogen-bond donors (Lipinski definition) is 1. The van der Waals surface area contributed by atoms with Gasteiger partial charge in [-0.15, -0.1) is 0 Å². The van der Waals surface area contributed by atoms with Crippen molar-refractivity contribution in [2.24, 2.45) is 0 Å². The molecule has 1 aliphatic heterocycles. The lowest BCUT2D eigenvalue weighted by Crippen LogP contribution is -2.30. The fourth-order valence-electron chi connectivity index (χ4n) is 2.50. The Bertz CT molecular complexity index is 769. The van der Waals surface area contributed by atoms with Gasteiger partial charge in [-0.25, -0.2) is 0 Å². The largest absolute Gasteiger partial charge is 0.497 e. The van der Waals surface area contributed by atoms with Crippen molar-refractivity contribution in [1.82, 2.24) is 5.32 Å². The highest BCUT2D eigenvalue weighted by molar-refractivity contribution is 6.30. The summed E-state index contributed by atoms with van der Waals surface area (Å²) >= 11 is 5.86. The van der Waals surface area contributed by atoms with Crippen LogP contribution in [0.5, 0.6) is 11.5 Å². The fraction of sp³-hybridized carbons (Fsp3) is 0.211. The van der Waals surface area contributed by atoms with E-state index in [9.17, 15) is 4.79 Å². The first kappa shape index (κ1) is 16.4. The summed E-state index contributed by atoms with van der Waals surface area (Å²) in [6, 6.07) is 13.2. The Balaban J connectivity index is 1.60. The maximum atomic E-state index is 12.3. The Morgan fingerprint density at radius 1 is 1.25 bits per heavy atom. The third-order valence-corrected chi connectivity index (χ3v) is 4.09. The number of ether oxygens (including phenoxy) is 2. The number of carbonyl (C=O) groups is 1. The van der Waals surface area contributed by atoms with Gasteiger partial charge in [0, 0.05) is 17.1 Å². The Hall–Kier alpha value is -2.46. The number of hydrogen-bond acceptors (Lipinski definition) is 3. The second-order valence-corrected chi connectivity index (χ2v) is 5.93. The average Bonchev–Trinajstić information content (AvgIpc) is 2.62. The van der Waals surface area contributed by atoms with E-state index in [2.05, 4.69) is 5.32 Å². The first-order valence-electron chi connectivity index (χ1n) is 7.70. The van der Waals surface area contributed by atoms with Gasteiger partial charge < -0.3 is 14.8 Å². The Morgan fingerprint density at radius 2 is 2.04 bits per heavy atom. The molecule has 4 nitrogen and oxygen atoms in total. The second kappa shape index (κ2) is 7.41. The molecule has 0 unspecified atom stereocenters. The molecule has 5 heteroatoms. The van der Waals surface area contributed by atoms with Gasteiger partial charge in [0.15, 0.2) is 0 Å². The van der Waals surface area contributed by atoms with Crippen LogP contribution < -0.4 is 14.8 Å². The molecule has 0 bridgehead atoms. The van der Waals surface area contributed by atoms with Gasteiger partial charge in [-0.3, -0.25) is 4.79 Å². The Kier molecular flexibility index (Phi) is 5.06. The third kappa shape index (κ3) is 3.89. The molecule has 0 aliphatic carbocycles. The van der Waals surface area contributed by atoms with E-state index in [1.807, 2.05) is 48.5 Å². The minimum atomic E-state index is -0.113. The number of halogens is 1. The molecule has 0 fully saturated rings.